The van der Waals surface area contributed by atoms with Gasteiger partial charge < -0.3 is 19.9 Å². The third kappa shape index (κ3) is 4.06. The average molecular weight is 279 g/mol. The van der Waals surface area contributed by atoms with Crippen molar-refractivity contribution in [2.75, 3.05) is 56.7 Å². The molecular weight excluding hydrogens is 258 g/mol. The molecule has 7 nitrogen and oxygen atoms in total. The van der Waals surface area contributed by atoms with E-state index in [1.165, 1.54) is 0 Å². The fourth-order valence-electron chi connectivity index (χ4n) is 2.11. The number of hydrogen-bond acceptors (Lipinski definition) is 6. The van der Waals surface area contributed by atoms with Crippen LogP contribution in [0.15, 0.2) is 12.4 Å². The van der Waals surface area contributed by atoms with Crippen molar-refractivity contribution in [2.24, 2.45) is 0 Å². The third-order valence-corrected chi connectivity index (χ3v) is 3.27. The van der Waals surface area contributed by atoms with Crippen LogP contribution in [0.3, 0.4) is 0 Å². The average Bonchev–Trinajstić information content (AvgIpc) is 2.52. The zero-order valence-electron chi connectivity index (χ0n) is 11.8. The predicted octanol–water partition coefficient (Wildman–Crippen LogP) is 0.203. The Morgan fingerprint density at radius 1 is 1.35 bits per heavy atom. The maximum absolute atomic E-state index is 10.7. The highest BCUT2D eigenvalue weighted by molar-refractivity contribution is 5.51. The van der Waals surface area contributed by atoms with Gasteiger partial charge in [0.05, 0.1) is 0 Å². The molecule has 110 valence electrons. The Hall–Kier alpha value is -1.89. The number of rotatable bonds is 7. The number of anilines is 2. The molecule has 0 unspecified atom stereocenters. The summed E-state index contributed by atoms with van der Waals surface area (Å²) in [7, 11) is 1.70. The van der Waals surface area contributed by atoms with E-state index in [2.05, 4.69) is 20.2 Å². The monoisotopic (exact) mass is 279 g/mol. The molecule has 1 aromatic rings. The van der Waals surface area contributed by atoms with Crippen molar-refractivity contribution in [3.63, 3.8) is 0 Å². The van der Waals surface area contributed by atoms with Crippen molar-refractivity contribution in [1.82, 2.24) is 14.9 Å². The molecule has 1 fully saturated rings. The summed E-state index contributed by atoms with van der Waals surface area (Å²) in [5.74, 6) is 1.73. The van der Waals surface area contributed by atoms with Crippen molar-refractivity contribution in [1.29, 1.82) is 0 Å². The molecule has 1 aliphatic heterocycles. The van der Waals surface area contributed by atoms with Crippen molar-refractivity contribution in [3.05, 3.63) is 12.4 Å². The Labute approximate surface area is 118 Å². The lowest BCUT2D eigenvalue weighted by Crippen LogP contribution is -2.46. The summed E-state index contributed by atoms with van der Waals surface area (Å²) in [6, 6.07) is 1.95. The van der Waals surface area contributed by atoms with Gasteiger partial charge in [0.2, 0.25) is 6.41 Å². The van der Waals surface area contributed by atoms with Crippen LogP contribution in [0, 0.1) is 0 Å². The van der Waals surface area contributed by atoms with Crippen LogP contribution in [-0.4, -0.2) is 67.7 Å². The lowest BCUT2D eigenvalue weighted by atomic mass is 10.3. The van der Waals surface area contributed by atoms with Gasteiger partial charge in [-0.1, -0.05) is 0 Å². The SMILES string of the molecule is COCCCNc1cc(N2CCN(C=O)CC2)ncn1. The van der Waals surface area contributed by atoms with E-state index in [0.717, 1.165) is 63.8 Å². The summed E-state index contributed by atoms with van der Waals surface area (Å²) in [4.78, 5) is 23.1. The van der Waals surface area contributed by atoms with Gasteiger partial charge in [0.25, 0.3) is 0 Å². The van der Waals surface area contributed by atoms with Crippen molar-refractivity contribution in [3.8, 4) is 0 Å². The quantitative estimate of drug-likeness (QED) is 0.568. The largest absolute Gasteiger partial charge is 0.385 e. The number of ether oxygens (including phenoxy) is 1. The molecule has 2 rings (SSSR count). The Bertz CT molecular complexity index is 421. The highest BCUT2D eigenvalue weighted by Gasteiger charge is 2.16. The number of hydrogen-bond donors (Lipinski definition) is 1. The number of carbonyl (C=O) groups excluding carboxylic acids is 1. The Kier molecular flexibility index (Phi) is 5.55. The molecule has 0 spiro atoms. The van der Waals surface area contributed by atoms with E-state index in [1.54, 1.807) is 18.3 Å². The zero-order chi connectivity index (χ0) is 14.2. The van der Waals surface area contributed by atoms with Crippen LogP contribution in [0.5, 0.6) is 0 Å². The van der Waals surface area contributed by atoms with Crippen LogP contribution in [0.25, 0.3) is 0 Å². The van der Waals surface area contributed by atoms with E-state index in [1.807, 2.05) is 6.07 Å². The second kappa shape index (κ2) is 7.64. The smallest absolute Gasteiger partial charge is 0.209 e. The first-order valence-electron chi connectivity index (χ1n) is 6.82. The van der Waals surface area contributed by atoms with Gasteiger partial charge in [0, 0.05) is 52.5 Å². The molecule has 1 aromatic heterocycles. The number of carbonyl (C=O) groups is 1. The van der Waals surface area contributed by atoms with Gasteiger partial charge >= 0.3 is 0 Å². The molecule has 7 heteroatoms. The molecule has 20 heavy (non-hydrogen) atoms. The van der Waals surface area contributed by atoms with Gasteiger partial charge in [-0.15, -0.1) is 0 Å². The van der Waals surface area contributed by atoms with Crippen LogP contribution in [-0.2, 0) is 9.53 Å². The second-order valence-corrected chi connectivity index (χ2v) is 4.66. The van der Waals surface area contributed by atoms with Crippen LogP contribution >= 0.6 is 0 Å². The van der Waals surface area contributed by atoms with E-state index in [4.69, 9.17) is 4.74 Å². The number of nitrogens with one attached hydrogen (secondary N) is 1. The molecule has 1 N–H and O–H groups in total. The van der Waals surface area contributed by atoms with Crippen LogP contribution in [0.2, 0.25) is 0 Å². The molecule has 0 aliphatic carbocycles. The minimum Gasteiger partial charge on any atom is -0.385 e. The van der Waals surface area contributed by atoms with E-state index in [9.17, 15) is 4.79 Å². The number of amides is 1. The lowest BCUT2D eigenvalue weighted by molar-refractivity contribution is -0.118. The predicted molar refractivity (Wildman–Crippen MR) is 76.9 cm³/mol. The Morgan fingerprint density at radius 3 is 2.85 bits per heavy atom. The van der Waals surface area contributed by atoms with Crippen molar-refractivity contribution in [2.45, 2.75) is 6.42 Å². The highest BCUT2D eigenvalue weighted by Crippen LogP contribution is 2.15. The van der Waals surface area contributed by atoms with E-state index in [0.29, 0.717) is 0 Å². The molecule has 0 aromatic carbocycles. The minimum atomic E-state index is 0.735. The Morgan fingerprint density at radius 2 is 2.15 bits per heavy atom. The van der Waals surface area contributed by atoms with Gasteiger partial charge in [-0.05, 0) is 6.42 Å². The number of methoxy groups -OCH3 is 1. The summed E-state index contributed by atoms with van der Waals surface area (Å²) in [5, 5.41) is 3.25. The fourth-order valence-corrected chi connectivity index (χ4v) is 2.11. The molecule has 0 atom stereocenters. The lowest BCUT2D eigenvalue weighted by Gasteiger charge is -2.33. The fraction of sp³-hybridized carbons (Fsp3) is 0.615. The molecule has 1 aliphatic rings. The molecule has 0 saturated carbocycles. The van der Waals surface area contributed by atoms with Gasteiger partial charge in [-0.2, -0.15) is 0 Å². The molecule has 1 saturated heterocycles. The maximum Gasteiger partial charge on any atom is 0.209 e. The van der Waals surface area contributed by atoms with Crippen molar-refractivity contribution < 1.29 is 9.53 Å². The molecule has 0 radical (unpaired) electrons. The number of aromatic nitrogens is 2. The summed E-state index contributed by atoms with van der Waals surface area (Å²) < 4.78 is 5.01. The molecule has 0 bridgehead atoms. The number of piperazine rings is 1. The molecule has 2 heterocycles. The second-order valence-electron chi connectivity index (χ2n) is 4.66. The Balaban J connectivity index is 1.87. The first-order valence-corrected chi connectivity index (χ1v) is 6.82. The number of nitrogens with zero attached hydrogens (tertiary/aromatic N) is 4. The van der Waals surface area contributed by atoms with Gasteiger partial charge in [-0.3, -0.25) is 4.79 Å². The van der Waals surface area contributed by atoms with E-state index < -0.39 is 0 Å². The molecule has 1 amide bonds. The van der Waals surface area contributed by atoms with Gasteiger partial charge in [-0.25, -0.2) is 9.97 Å². The summed E-state index contributed by atoms with van der Waals surface area (Å²) in [6.07, 6.45) is 3.41. The van der Waals surface area contributed by atoms with Crippen LogP contribution in [0.4, 0.5) is 11.6 Å². The normalized spacial score (nSPS) is 15.2. The zero-order valence-corrected chi connectivity index (χ0v) is 11.8. The van der Waals surface area contributed by atoms with E-state index >= 15 is 0 Å². The van der Waals surface area contributed by atoms with Crippen LogP contribution in [0.1, 0.15) is 6.42 Å². The van der Waals surface area contributed by atoms with E-state index in [-0.39, 0.29) is 0 Å². The highest BCUT2D eigenvalue weighted by atomic mass is 16.5. The summed E-state index contributed by atoms with van der Waals surface area (Å²) >= 11 is 0. The van der Waals surface area contributed by atoms with Gasteiger partial charge in [0.1, 0.15) is 18.0 Å². The summed E-state index contributed by atoms with van der Waals surface area (Å²) in [6.45, 7) is 4.65. The van der Waals surface area contributed by atoms with Crippen molar-refractivity contribution >= 4 is 18.0 Å². The first kappa shape index (κ1) is 14.5. The molecular formula is C13H21N5O2. The topological polar surface area (TPSA) is 70.6 Å². The first-order chi connectivity index (χ1) is 9.83. The third-order valence-electron chi connectivity index (χ3n) is 3.27. The summed E-state index contributed by atoms with van der Waals surface area (Å²) in [5.41, 5.74) is 0. The standard InChI is InChI=1S/C13H21N5O2/c1-20-8-2-3-14-12-9-13(16-10-15-12)18-6-4-17(11-19)5-7-18/h9-11H,2-8H2,1H3,(H,14,15,16). The van der Waals surface area contributed by atoms with Gasteiger partial charge in [0.15, 0.2) is 0 Å². The minimum absolute atomic E-state index is 0.735. The maximum atomic E-state index is 10.7. The van der Waals surface area contributed by atoms with Crippen LogP contribution < -0.4 is 10.2 Å².